The zero-order valence-electron chi connectivity index (χ0n) is 11.2. The highest BCUT2D eigenvalue weighted by molar-refractivity contribution is 5.79. The Morgan fingerprint density at radius 2 is 1.72 bits per heavy atom. The molecule has 0 unspecified atom stereocenters. The molecule has 0 spiro atoms. The summed E-state index contributed by atoms with van der Waals surface area (Å²) in [6.45, 7) is 3.54. The first-order valence-electron chi connectivity index (χ1n) is 7.71. The minimum absolute atomic E-state index is 0.331. The van der Waals surface area contributed by atoms with Crippen LogP contribution in [0.2, 0.25) is 0 Å². The Balaban J connectivity index is 1.51. The van der Waals surface area contributed by atoms with Crippen LogP contribution in [0, 0.1) is 23.2 Å². The lowest BCUT2D eigenvalue weighted by molar-refractivity contribution is -0.138. The van der Waals surface area contributed by atoms with Gasteiger partial charge < -0.3 is 10.2 Å². The Morgan fingerprint density at radius 1 is 1.11 bits per heavy atom. The van der Waals surface area contributed by atoms with Gasteiger partial charge in [-0.2, -0.15) is 0 Å². The molecule has 100 valence electrons. The molecule has 3 nitrogen and oxygen atoms in total. The van der Waals surface area contributed by atoms with Gasteiger partial charge in [0, 0.05) is 19.6 Å². The molecule has 0 aromatic heterocycles. The lowest BCUT2D eigenvalue weighted by atomic mass is 9.49. The zero-order chi connectivity index (χ0) is 12.2. The fourth-order valence-corrected chi connectivity index (χ4v) is 5.70. The summed E-state index contributed by atoms with van der Waals surface area (Å²) in [5, 5.41) is 3.18. The van der Waals surface area contributed by atoms with Gasteiger partial charge in [0.05, 0.1) is 6.54 Å². The third kappa shape index (κ3) is 1.78. The van der Waals surface area contributed by atoms with Crippen LogP contribution >= 0.6 is 0 Å². The molecule has 18 heavy (non-hydrogen) atoms. The van der Waals surface area contributed by atoms with Gasteiger partial charge >= 0.3 is 0 Å². The summed E-state index contributed by atoms with van der Waals surface area (Å²) in [5.41, 5.74) is 0.516. The van der Waals surface area contributed by atoms with Crippen LogP contribution in [0.5, 0.6) is 0 Å². The highest BCUT2D eigenvalue weighted by atomic mass is 16.2. The molecule has 5 rings (SSSR count). The van der Waals surface area contributed by atoms with Crippen LogP contribution in [0.4, 0.5) is 0 Å². The van der Waals surface area contributed by atoms with E-state index in [1.54, 1.807) is 0 Å². The van der Waals surface area contributed by atoms with Crippen molar-refractivity contribution in [3.63, 3.8) is 0 Å². The standard InChI is InChI=1S/C15H24N2O/c18-14-9-16-1-2-17(14)10-15-6-11-3-12(7-15)5-13(4-11)8-15/h11-13,16H,1-10H2. The smallest absolute Gasteiger partial charge is 0.236 e. The maximum absolute atomic E-state index is 12.0. The summed E-state index contributed by atoms with van der Waals surface area (Å²) in [6.07, 6.45) is 8.72. The Kier molecular flexibility index (Phi) is 2.48. The summed E-state index contributed by atoms with van der Waals surface area (Å²) in [5.74, 6) is 3.31. The number of amides is 1. The zero-order valence-corrected chi connectivity index (χ0v) is 11.2. The number of piperazine rings is 1. The largest absolute Gasteiger partial charge is 0.340 e. The van der Waals surface area contributed by atoms with Crippen molar-refractivity contribution in [1.82, 2.24) is 10.2 Å². The van der Waals surface area contributed by atoms with Crippen molar-refractivity contribution in [2.45, 2.75) is 38.5 Å². The molecular weight excluding hydrogens is 224 g/mol. The Hall–Kier alpha value is -0.570. The third-order valence-electron chi connectivity index (χ3n) is 5.88. The molecule has 1 aliphatic heterocycles. The highest BCUT2D eigenvalue weighted by Crippen LogP contribution is 2.60. The number of hydrogen-bond acceptors (Lipinski definition) is 2. The van der Waals surface area contributed by atoms with Gasteiger partial charge in [-0.1, -0.05) is 0 Å². The molecule has 1 N–H and O–H groups in total. The topological polar surface area (TPSA) is 32.3 Å². The molecule has 0 radical (unpaired) electrons. The second kappa shape index (κ2) is 3.96. The van der Waals surface area contributed by atoms with Crippen molar-refractivity contribution >= 4 is 5.91 Å². The van der Waals surface area contributed by atoms with Crippen LogP contribution in [0.3, 0.4) is 0 Å². The lowest BCUT2D eigenvalue weighted by Gasteiger charge is -2.58. The summed E-state index contributed by atoms with van der Waals surface area (Å²) in [6, 6.07) is 0. The fraction of sp³-hybridized carbons (Fsp3) is 0.933. The Bertz CT molecular complexity index is 330. The monoisotopic (exact) mass is 248 g/mol. The average molecular weight is 248 g/mol. The summed E-state index contributed by atoms with van der Waals surface area (Å²) in [7, 11) is 0. The van der Waals surface area contributed by atoms with Crippen molar-refractivity contribution < 1.29 is 4.79 Å². The van der Waals surface area contributed by atoms with Gasteiger partial charge in [-0.25, -0.2) is 0 Å². The first-order valence-corrected chi connectivity index (χ1v) is 7.71. The summed E-state index contributed by atoms with van der Waals surface area (Å²) in [4.78, 5) is 14.1. The quantitative estimate of drug-likeness (QED) is 0.805. The highest BCUT2D eigenvalue weighted by Gasteiger charge is 2.51. The normalized spacial score (nSPS) is 46.8. The van der Waals surface area contributed by atoms with Crippen LogP contribution in [-0.4, -0.2) is 37.0 Å². The predicted molar refractivity (Wildman–Crippen MR) is 70.1 cm³/mol. The van der Waals surface area contributed by atoms with E-state index >= 15 is 0 Å². The van der Waals surface area contributed by atoms with Crippen molar-refractivity contribution in [1.29, 1.82) is 0 Å². The Morgan fingerprint density at radius 3 is 2.28 bits per heavy atom. The molecule has 3 heteroatoms. The van der Waals surface area contributed by atoms with Crippen molar-refractivity contribution in [2.24, 2.45) is 23.2 Å². The number of nitrogens with zero attached hydrogens (tertiary/aromatic N) is 1. The SMILES string of the molecule is O=C1CNCCN1CC12CC3CC(CC(C3)C1)C2. The molecule has 5 fully saturated rings. The molecule has 4 aliphatic carbocycles. The second-order valence-electron chi connectivity index (χ2n) is 7.41. The third-order valence-corrected chi connectivity index (χ3v) is 5.88. The summed E-state index contributed by atoms with van der Waals surface area (Å²) >= 11 is 0. The van der Waals surface area contributed by atoms with Crippen molar-refractivity contribution in [3.05, 3.63) is 0 Å². The molecule has 1 heterocycles. The minimum atomic E-state index is 0.331. The van der Waals surface area contributed by atoms with E-state index in [0.717, 1.165) is 37.4 Å². The Labute approximate surface area is 109 Å². The number of nitrogens with one attached hydrogen (secondary N) is 1. The first kappa shape index (κ1) is 11.3. The number of carbonyl (C=O) groups excluding carboxylic acids is 1. The second-order valence-corrected chi connectivity index (χ2v) is 7.41. The van der Waals surface area contributed by atoms with Crippen LogP contribution < -0.4 is 5.32 Å². The van der Waals surface area contributed by atoms with E-state index < -0.39 is 0 Å². The van der Waals surface area contributed by atoms with Crippen LogP contribution in [0.25, 0.3) is 0 Å². The molecule has 1 amide bonds. The van der Waals surface area contributed by atoms with E-state index in [-0.39, 0.29) is 0 Å². The molecule has 4 saturated carbocycles. The van der Waals surface area contributed by atoms with E-state index in [9.17, 15) is 4.79 Å². The van der Waals surface area contributed by atoms with Crippen molar-refractivity contribution in [2.75, 3.05) is 26.2 Å². The molecule has 1 saturated heterocycles. The van der Waals surface area contributed by atoms with Gasteiger partial charge in [0.25, 0.3) is 0 Å². The van der Waals surface area contributed by atoms with Crippen LogP contribution in [0.15, 0.2) is 0 Å². The molecular formula is C15H24N2O. The summed E-state index contributed by atoms with van der Waals surface area (Å²) < 4.78 is 0. The van der Waals surface area contributed by atoms with E-state index in [4.69, 9.17) is 0 Å². The van der Waals surface area contributed by atoms with E-state index in [2.05, 4.69) is 10.2 Å². The predicted octanol–water partition coefficient (Wildman–Crippen LogP) is 1.63. The number of carbonyl (C=O) groups is 1. The van der Waals surface area contributed by atoms with Gasteiger partial charge in [0.15, 0.2) is 0 Å². The van der Waals surface area contributed by atoms with E-state index in [0.29, 0.717) is 17.9 Å². The van der Waals surface area contributed by atoms with Crippen molar-refractivity contribution in [3.8, 4) is 0 Å². The van der Waals surface area contributed by atoms with Gasteiger partial charge in [-0.05, 0) is 61.7 Å². The fourth-order valence-electron chi connectivity index (χ4n) is 5.70. The molecule has 4 bridgehead atoms. The van der Waals surface area contributed by atoms with Gasteiger partial charge in [0.2, 0.25) is 5.91 Å². The number of hydrogen-bond donors (Lipinski definition) is 1. The maximum atomic E-state index is 12.0. The van der Waals surface area contributed by atoms with Crippen LogP contribution in [-0.2, 0) is 4.79 Å². The van der Waals surface area contributed by atoms with E-state index in [1.165, 1.54) is 38.5 Å². The average Bonchev–Trinajstić information content (AvgIpc) is 2.30. The molecule has 0 aromatic carbocycles. The lowest BCUT2D eigenvalue weighted by Crippen LogP contribution is -2.56. The first-order chi connectivity index (χ1) is 8.72. The number of rotatable bonds is 2. The van der Waals surface area contributed by atoms with Gasteiger partial charge in [-0.15, -0.1) is 0 Å². The maximum Gasteiger partial charge on any atom is 0.236 e. The molecule has 0 aromatic rings. The molecule has 5 aliphatic rings. The molecule has 0 atom stereocenters. The van der Waals surface area contributed by atoms with Crippen LogP contribution in [0.1, 0.15) is 38.5 Å². The van der Waals surface area contributed by atoms with Gasteiger partial charge in [-0.3, -0.25) is 4.79 Å². The van der Waals surface area contributed by atoms with E-state index in [1.807, 2.05) is 0 Å². The minimum Gasteiger partial charge on any atom is -0.340 e. The van der Waals surface area contributed by atoms with Gasteiger partial charge in [0.1, 0.15) is 0 Å².